The van der Waals surface area contributed by atoms with Gasteiger partial charge in [0, 0.05) is 12.1 Å². The molecule has 0 bridgehead atoms. The van der Waals surface area contributed by atoms with Gasteiger partial charge in [0.1, 0.15) is 5.75 Å². The van der Waals surface area contributed by atoms with Gasteiger partial charge in [0.2, 0.25) is 15.9 Å². The van der Waals surface area contributed by atoms with Crippen LogP contribution in [0, 0.1) is 13.8 Å². The van der Waals surface area contributed by atoms with Crippen molar-refractivity contribution in [1.29, 1.82) is 0 Å². The molecule has 0 saturated carbocycles. The Labute approximate surface area is 187 Å². The minimum absolute atomic E-state index is 0.179. The largest absolute Gasteiger partial charge is 0.455 e. The molecule has 31 heavy (non-hydrogen) atoms. The molecule has 1 N–H and O–H groups in total. The van der Waals surface area contributed by atoms with Crippen LogP contribution in [0.1, 0.15) is 11.1 Å². The molecule has 0 saturated heterocycles. The number of carbonyl (C=O) groups excluding carboxylic acids is 1. The van der Waals surface area contributed by atoms with E-state index in [0.29, 0.717) is 27.8 Å². The Morgan fingerprint density at radius 2 is 1.74 bits per heavy atom. The summed E-state index contributed by atoms with van der Waals surface area (Å²) in [6.45, 7) is 3.17. The predicted octanol–water partition coefficient (Wildman–Crippen LogP) is 5.01. The number of anilines is 1. The Hall–Kier alpha value is -2.87. The third-order valence-corrected chi connectivity index (χ3v) is 6.77. The number of halogens is 1. The van der Waals surface area contributed by atoms with Gasteiger partial charge in [-0.2, -0.15) is 4.31 Å². The smallest absolute Gasteiger partial charge is 0.243 e. The van der Waals surface area contributed by atoms with Crippen LogP contribution < -0.4 is 10.1 Å². The first-order valence-electron chi connectivity index (χ1n) is 9.53. The molecular weight excluding hydrogens is 436 g/mol. The summed E-state index contributed by atoms with van der Waals surface area (Å²) < 4.78 is 32.8. The number of benzene rings is 3. The van der Waals surface area contributed by atoms with Gasteiger partial charge in [-0.25, -0.2) is 8.42 Å². The molecule has 3 aromatic rings. The zero-order chi connectivity index (χ0) is 22.6. The van der Waals surface area contributed by atoms with Crippen LogP contribution in [0.3, 0.4) is 0 Å². The first-order valence-corrected chi connectivity index (χ1v) is 11.3. The van der Waals surface area contributed by atoms with Gasteiger partial charge in [-0.1, -0.05) is 41.9 Å². The fraction of sp³-hybridized carbons (Fsp3) is 0.174. The number of likely N-dealkylation sites (N-methyl/N-ethyl adjacent to an activating group) is 1. The molecule has 0 spiro atoms. The van der Waals surface area contributed by atoms with Gasteiger partial charge in [0.25, 0.3) is 0 Å². The number of para-hydroxylation sites is 1. The highest BCUT2D eigenvalue weighted by Gasteiger charge is 2.25. The Balaban J connectivity index is 1.77. The molecule has 162 valence electrons. The van der Waals surface area contributed by atoms with Crippen molar-refractivity contribution in [3.63, 3.8) is 0 Å². The molecule has 3 rings (SSSR count). The van der Waals surface area contributed by atoms with Crippen LogP contribution in [0.5, 0.6) is 11.5 Å². The summed E-state index contributed by atoms with van der Waals surface area (Å²) in [5.41, 5.74) is 1.79. The molecule has 0 radical (unpaired) electrons. The lowest BCUT2D eigenvalue weighted by Gasteiger charge is -2.19. The molecule has 6 nitrogen and oxygen atoms in total. The standard InChI is InChI=1S/C23H23ClN2O4S/c1-16-9-10-17(2)22(13-16)31(28,29)26(3)15-23(27)25-20-14-18(24)11-12-21(20)30-19-7-5-4-6-8-19/h4-14H,15H2,1-3H3,(H,25,27). The third-order valence-electron chi connectivity index (χ3n) is 4.58. The minimum Gasteiger partial charge on any atom is -0.455 e. The number of aryl methyl sites for hydroxylation is 2. The van der Waals surface area contributed by atoms with Crippen LogP contribution in [-0.4, -0.2) is 32.2 Å². The first-order chi connectivity index (χ1) is 14.7. The van der Waals surface area contributed by atoms with E-state index in [2.05, 4.69) is 5.32 Å². The summed E-state index contributed by atoms with van der Waals surface area (Å²) in [5, 5.41) is 3.11. The van der Waals surface area contributed by atoms with E-state index in [4.69, 9.17) is 16.3 Å². The van der Waals surface area contributed by atoms with Crippen molar-refractivity contribution >= 4 is 33.2 Å². The van der Waals surface area contributed by atoms with Crippen molar-refractivity contribution in [3.05, 3.63) is 82.9 Å². The molecule has 0 fully saturated rings. The average molecular weight is 459 g/mol. The highest BCUT2D eigenvalue weighted by molar-refractivity contribution is 7.89. The topological polar surface area (TPSA) is 75.7 Å². The molecule has 0 aliphatic carbocycles. The van der Waals surface area contributed by atoms with E-state index in [1.807, 2.05) is 31.2 Å². The molecule has 0 aliphatic rings. The number of carbonyl (C=O) groups is 1. The van der Waals surface area contributed by atoms with E-state index in [0.717, 1.165) is 9.87 Å². The molecule has 3 aromatic carbocycles. The quantitative estimate of drug-likeness (QED) is 0.540. The Morgan fingerprint density at radius 1 is 1.03 bits per heavy atom. The van der Waals surface area contributed by atoms with E-state index >= 15 is 0 Å². The number of hydrogen-bond acceptors (Lipinski definition) is 4. The van der Waals surface area contributed by atoms with Gasteiger partial charge in [0.05, 0.1) is 17.1 Å². The van der Waals surface area contributed by atoms with Crippen molar-refractivity contribution in [2.75, 3.05) is 18.9 Å². The van der Waals surface area contributed by atoms with Gasteiger partial charge >= 0.3 is 0 Å². The molecule has 0 atom stereocenters. The highest BCUT2D eigenvalue weighted by atomic mass is 35.5. The van der Waals surface area contributed by atoms with Crippen molar-refractivity contribution in [1.82, 2.24) is 4.31 Å². The second kappa shape index (κ2) is 9.51. The number of ether oxygens (including phenoxy) is 1. The maximum Gasteiger partial charge on any atom is 0.243 e. The van der Waals surface area contributed by atoms with E-state index in [1.54, 1.807) is 49.4 Å². The summed E-state index contributed by atoms with van der Waals surface area (Å²) in [7, 11) is -2.46. The number of nitrogens with zero attached hydrogens (tertiary/aromatic N) is 1. The molecule has 8 heteroatoms. The van der Waals surface area contributed by atoms with Crippen molar-refractivity contribution in [2.24, 2.45) is 0 Å². The van der Waals surface area contributed by atoms with Crippen LogP contribution in [0.25, 0.3) is 0 Å². The van der Waals surface area contributed by atoms with Gasteiger partial charge < -0.3 is 10.1 Å². The SMILES string of the molecule is Cc1ccc(C)c(S(=O)(=O)N(C)CC(=O)Nc2cc(Cl)ccc2Oc2ccccc2)c1. The fourth-order valence-electron chi connectivity index (χ4n) is 2.93. The van der Waals surface area contributed by atoms with Crippen LogP contribution in [0.4, 0.5) is 5.69 Å². The predicted molar refractivity (Wildman–Crippen MR) is 122 cm³/mol. The fourth-order valence-corrected chi connectivity index (χ4v) is 4.54. The Morgan fingerprint density at radius 3 is 2.45 bits per heavy atom. The second-order valence-electron chi connectivity index (χ2n) is 7.13. The molecular formula is C23H23ClN2O4S. The highest BCUT2D eigenvalue weighted by Crippen LogP contribution is 2.32. The third kappa shape index (κ3) is 5.64. The van der Waals surface area contributed by atoms with E-state index in [9.17, 15) is 13.2 Å². The maximum atomic E-state index is 13.0. The number of amides is 1. The zero-order valence-corrected chi connectivity index (χ0v) is 19.0. The number of nitrogens with one attached hydrogen (secondary N) is 1. The van der Waals surface area contributed by atoms with Crippen molar-refractivity contribution < 1.29 is 17.9 Å². The van der Waals surface area contributed by atoms with Gasteiger partial charge in [-0.05, 0) is 61.4 Å². The monoisotopic (exact) mass is 458 g/mol. The Bertz CT molecular complexity index is 1200. The number of hydrogen-bond donors (Lipinski definition) is 1. The van der Waals surface area contributed by atoms with Gasteiger partial charge in [-0.3, -0.25) is 4.79 Å². The number of rotatable bonds is 7. The lowest BCUT2D eigenvalue weighted by Crippen LogP contribution is -2.35. The van der Waals surface area contributed by atoms with Crippen LogP contribution in [0.15, 0.2) is 71.6 Å². The van der Waals surface area contributed by atoms with E-state index < -0.39 is 15.9 Å². The van der Waals surface area contributed by atoms with E-state index in [-0.39, 0.29) is 11.4 Å². The van der Waals surface area contributed by atoms with Crippen molar-refractivity contribution in [3.8, 4) is 11.5 Å². The van der Waals surface area contributed by atoms with Gasteiger partial charge in [0.15, 0.2) is 5.75 Å². The zero-order valence-electron chi connectivity index (χ0n) is 17.4. The summed E-state index contributed by atoms with van der Waals surface area (Å²) in [6, 6.07) is 19.1. The summed E-state index contributed by atoms with van der Waals surface area (Å²) in [5.74, 6) is 0.468. The maximum absolute atomic E-state index is 13.0. The normalized spacial score (nSPS) is 11.4. The molecule has 0 aliphatic heterocycles. The van der Waals surface area contributed by atoms with Crippen molar-refractivity contribution in [2.45, 2.75) is 18.7 Å². The first kappa shape index (κ1) is 22.8. The van der Waals surface area contributed by atoms with Gasteiger partial charge in [-0.15, -0.1) is 0 Å². The molecule has 0 aromatic heterocycles. The molecule has 0 unspecified atom stereocenters. The lowest BCUT2D eigenvalue weighted by atomic mass is 10.2. The molecule has 1 amide bonds. The van der Waals surface area contributed by atoms with E-state index in [1.165, 1.54) is 7.05 Å². The summed E-state index contributed by atoms with van der Waals surface area (Å²) in [6.07, 6.45) is 0. The van der Waals surface area contributed by atoms with Crippen LogP contribution in [-0.2, 0) is 14.8 Å². The average Bonchev–Trinajstić information content (AvgIpc) is 2.72. The second-order valence-corrected chi connectivity index (χ2v) is 9.58. The minimum atomic E-state index is -3.83. The number of sulfonamides is 1. The molecule has 0 heterocycles. The summed E-state index contributed by atoms with van der Waals surface area (Å²) >= 11 is 6.08. The lowest BCUT2D eigenvalue weighted by molar-refractivity contribution is -0.116. The van der Waals surface area contributed by atoms with Crippen LogP contribution in [0.2, 0.25) is 5.02 Å². The van der Waals surface area contributed by atoms with Crippen LogP contribution >= 0.6 is 11.6 Å². The summed E-state index contributed by atoms with van der Waals surface area (Å²) in [4.78, 5) is 12.8. The Kier molecular flexibility index (Phi) is 7.00.